The third kappa shape index (κ3) is 1.17. The minimum atomic E-state index is -0.165. The third-order valence-corrected chi connectivity index (χ3v) is 2.15. The van der Waals surface area contributed by atoms with E-state index in [1.54, 1.807) is 12.1 Å². The molecule has 0 saturated heterocycles. The molecule has 0 spiro atoms. The molecule has 1 aromatic heterocycles. The zero-order valence-electron chi connectivity index (χ0n) is 6.53. The van der Waals surface area contributed by atoms with Crippen LogP contribution in [0.25, 0.3) is 10.8 Å². The van der Waals surface area contributed by atoms with E-state index in [-0.39, 0.29) is 11.5 Å². The maximum absolute atomic E-state index is 9.45. The van der Waals surface area contributed by atoms with Crippen molar-refractivity contribution < 1.29 is 10.2 Å². The summed E-state index contributed by atoms with van der Waals surface area (Å²) in [7, 11) is 0. The van der Waals surface area contributed by atoms with Gasteiger partial charge in [-0.3, -0.25) is 0 Å². The summed E-state index contributed by atoms with van der Waals surface area (Å²) in [6.07, 6.45) is 1.48. The van der Waals surface area contributed by atoms with Crippen molar-refractivity contribution in [1.82, 2.24) is 4.98 Å². The number of phenols is 2. The van der Waals surface area contributed by atoms with Gasteiger partial charge < -0.3 is 10.2 Å². The van der Waals surface area contributed by atoms with E-state index in [4.69, 9.17) is 11.6 Å². The lowest BCUT2D eigenvalue weighted by molar-refractivity contribution is 0.408. The standard InChI is InChI=1S/C9H6ClNO2/c10-9-6-1-2-7(12)8(13)5(6)3-4-11-9/h1-4,12-13H. The van der Waals surface area contributed by atoms with Gasteiger partial charge in [-0.2, -0.15) is 0 Å². The Morgan fingerprint density at radius 3 is 2.62 bits per heavy atom. The van der Waals surface area contributed by atoms with Gasteiger partial charge in [-0.25, -0.2) is 4.98 Å². The van der Waals surface area contributed by atoms with Gasteiger partial charge in [0.2, 0.25) is 0 Å². The van der Waals surface area contributed by atoms with Gasteiger partial charge in [0.05, 0.1) is 0 Å². The summed E-state index contributed by atoms with van der Waals surface area (Å²) < 4.78 is 0. The number of nitrogens with zero attached hydrogens (tertiary/aromatic N) is 1. The summed E-state index contributed by atoms with van der Waals surface area (Å²) in [5.41, 5.74) is 0. The molecular formula is C9H6ClNO2. The lowest BCUT2D eigenvalue weighted by Gasteiger charge is -2.03. The summed E-state index contributed by atoms with van der Waals surface area (Å²) >= 11 is 5.78. The van der Waals surface area contributed by atoms with E-state index in [9.17, 15) is 10.2 Å². The number of benzene rings is 1. The van der Waals surface area contributed by atoms with Gasteiger partial charge >= 0.3 is 0 Å². The van der Waals surface area contributed by atoms with Crippen molar-refractivity contribution in [2.45, 2.75) is 0 Å². The SMILES string of the molecule is Oc1ccc2c(Cl)nccc2c1O. The Hall–Kier alpha value is -1.48. The predicted molar refractivity (Wildman–Crippen MR) is 50.1 cm³/mol. The lowest BCUT2D eigenvalue weighted by atomic mass is 10.1. The van der Waals surface area contributed by atoms with Gasteiger partial charge in [-0.1, -0.05) is 11.6 Å². The smallest absolute Gasteiger partial charge is 0.165 e. The number of pyridine rings is 1. The van der Waals surface area contributed by atoms with E-state index in [1.165, 1.54) is 12.3 Å². The minimum absolute atomic E-state index is 0.158. The maximum atomic E-state index is 9.45. The molecular weight excluding hydrogens is 190 g/mol. The fourth-order valence-electron chi connectivity index (χ4n) is 1.19. The van der Waals surface area contributed by atoms with Crippen LogP contribution < -0.4 is 0 Å². The van der Waals surface area contributed by atoms with Crippen molar-refractivity contribution in [3.05, 3.63) is 29.5 Å². The number of fused-ring (bicyclic) bond motifs is 1. The Balaban J connectivity index is 2.94. The number of halogens is 1. The van der Waals surface area contributed by atoms with Crippen LogP contribution in [0.4, 0.5) is 0 Å². The van der Waals surface area contributed by atoms with Gasteiger partial charge in [-0.15, -0.1) is 0 Å². The summed E-state index contributed by atoms with van der Waals surface area (Å²) in [6.45, 7) is 0. The Kier molecular flexibility index (Phi) is 1.74. The summed E-state index contributed by atoms with van der Waals surface area (Å²) in [6, 6.07) is 4.58. The quantitative estimate of drug-likeness (QED) is 0.501. The average Bonchev–Trinajstić information content (AvgIpc) is 2.12. The van der Waals surface area contributed by atoms with Gasteiger partial charge in [0.15, 0.2) is 11.5 Å². The second-order valence-electron chi connectivity index (χ2n) is 2.63. The first-order valence-electron chi connectivity index (χ1n) is 3.65. The molecule has 1 heterocycles. The van der Waals surface area contributed by atoms with Crippen LogP contribution in [0.1, 0.15) is 0 Å². The van der Waals surface area contributed by atoms with E-state index in [0.29, 0.717) is 15.9 Å². The first kappa shape index (κ1) is 8.13. The van der Waals surface area contributed by atoms with E-state index in [2.05, 4.69) is 4.98 Å². The highest BCUT2D eigenvalue weighted by Crippen LogP contribution is 2.35. The molecule has 4 heteroatoms. The van der Waals surface area contributed by atoms with Gasteiger partial charge in [0.1, 0.15) is 5.15 Å². The van der Waals surface area contributed by atoms with Crippen LogP contribution in [0.15, 0.2) is 24.4 Å². The number of aromatic nitrogens is 1. The first-order valence-corrected chi connectivity index (χ1v) is 4.03. The Morgan fingerprint density at radius 1 is 1.08 bits per heavy atom. The van der Waals surface area contributed by atoms with Crippen molar-refractivity contribution in [3.63, 3.8) is 0 Å². The molecule has 1 aromatic carbocycles. The average molecular weight is 196 g/mol. The summed E-state index contributed by atoms with van der Waals surface area (Å²) in [4.78, 5) is 3.85. The molecule has 2 rings (SSSR count). The molecule has 0 bridgehead atoms. The van der Waals surface area contributed by atoms with Crippen LogP contribution >= 0.6 is 11.6 Å². The summed E-state index contributed by atoms with van der Waals surface area (Å²) in [5.74, 6) is -0.323. The minimum Gasteiger partial charge on any atom is -0.504 e. The van der Waals surface area contributed by atoms with Crippen LogP contribution in [0.5, 0.6) is 11.5 Å². The van der Waals surface area contributed by atoms with Crippen molar-refractivity contribution in [3.8, 4) is 11.5 Å². The van der Waals surface area contributed by atoms with Crippen molar-refractivity contribution in [1.29, 1.82) is 0 Å². The molecule has 0 aliphatic carbocycles. The molecule has 0 aliphatic heterocycles. The molecule has 0 fully saturated rings. The highest BCUT2D eigenvalue weighted by molar-refractivity contribution is 6.34. The van der Waals surface area contributed by atoms with E-state index in [0.717, 1.165) is 0 Å². The number of hydrogen-bond acceptors (Lipinski definition) is 3. The Labute approximate surface area is 79.2 Å². The fourth-order valence-corrected chi connectivity index (χ4v) is 1.41. The van der Waals surface area contributed by atoms with E-state index in [1.807, 2.05) is 0 Å². The Bertz CT molecular complexity index is 470. The van der Waals surface area contributed by atoms with Crippen LogP contribution in [0, 0.1) is 0 Å². The largest absolute Gasteiger partial charge is 0.504 e. The molecule has 13 heavy (non-hydrogen) atoms. The molecule has 0 saturated carbocycles. The third-order valence-electron chi connectivity index (χ3n) is 1.85. The van der Waals surface area contributed by atoms with Crippen LogP contribution in [-0.2, 0) is 0 Å². The summed E-state index contributed by atoms with van der Waals surface area (Å²) in [5, 5.41) is 20.1. The number of aromatic hydroxyl groups is 2. The fraction of sp³-hybridized carbons (Fsp3) is 0. The predicted octanol–water partition coefficient (Wildman–Crippen LogP) is 2.30. The number of rotatable bonds is 0. The molecule has 0 unspecified atom stereocenters. The maximum Gasteiger partial charge on any atom is 0.165 e. The van der Waals surface area contributed by atoms with Crippen LogP contribution in [0.3, 0.4) is 0 Å². The van der Waals surface area contributed by atoms with Crippen molar-refractivity contribution in [2.24, 2.45) is 0 Å². The van der Waals surface area contributed by atoms with Gasteiger partial charge in [-0.05, 0) is 18.2 Å². The van der Waals surface area contributed by atoms with Crippen LogP contribution in [-0.4, -0.2) is 15.2 Å². The highest BCUT2D eigenvalue weighted by atomic mass is 35.5. The topological polar surface area (TPSA) is 53.4 Å². The monoisotopic (exact) mass is 195 g/mol. The molecule has 0 amide bonds. The molecule has 2 aromatic rings. The lowest BCUT2D eigenvalue weighted by Crippen LogP contribution is -1.79. The molecule has 0 atom stereocenters. The second-order valence-corrected chi connectivity index (χ2v) is 2.99. The van der Waals surface area contributed by atoms with E-state index < -0.39 is 0 Å². The second kappa shape index (κ2) is 2.78. The number of phenolic OH excluding ortho intramolecular Hbond substituents is 2. The highest BCUT2D eigenvalue weighted by Gasteiger charge is 2.07. The number of hydrogen-bond donors (Lipinski definition) is 2. The van der Waals surface area contributed by atoms with Gasteiger partial charge in [0.25, 0.3) is 0 Å². The van der Waals surface area contributed by atoms with Crippen molar-refractivity contribution >= 4 is 22.4 Å². The molecule has 66 valence electrons. The molecule has 3 nitrogen and oxygen atoms in total. The van der Waals surface area contributed by atoms with E-state index >= 15 is 0 Å². The molecule has 2 N–H and O–H groups in total. The first-order chi connectivity index (χ1) is 6.20. The van der Waals surface area contributed by atoms with Crippen molar-refractivity contribution in [2.75, 3.05) is 0 Å². The van der Waals surface area contributed by atoms with Crippen LogP contribution in [0.2, 0.25) is 5.15 Å². The zero-order chi connectivity index (χ0) is 9.42. The zero-order valence-corrected chi connectivity index (χ0v) is 7.28. The normalized spacial score (nSPS) is 10.5. The Morgan fingerprint density at radius 2 is 1.85 bits per heavy atom. The molecule has 0 radical (unpaired) electrons. The van der Waals surface area contributed by atoms with Gasteiger partial charge in [0, 0.05) is 17.0 Å². The molecule has 0 aliphatic rings.